The number of nitrogens with zero attached hydrogens (tertiary/aromatic N) is 3. The van der Waals surface area contributed by atoms with Crippen LogP contribution in [0.15, 0.2) is 6.20 Å². The van der Waals surface area contributed by atoms with Crippen molar-refractivity contribution >= 4 is 23.1 Å². The van der Waals surface area contributed by atoms with Crippen LogP contribution in [0.4, 0.5) is 11.5 Å². The molecule has 1 aromatic heterocycles. The summed E-state index contributed by atoms with van der Waals surface area (Å²) in [7, 11) is 0. The highest BCUT2D eigenvalue weighted by atomic mass is 35.5. The van der Waals surface area contributed by atoms with Crippen molar-refractivity contribution in [2.75, 3.05) is 18.5 Å². The second kappa shape index (κ2) is 4.58. The number of halogens is 1. The maximum atomic E-state index is 10.7. The van der Waals surface area contributed by atoms with Gasteiger partial charge in [0.05, 0.1) is 17.6 Å². The molecule has 1 aliphatic rings. The lowest BCUT2D eigenvalue weighted by Crippen LogP contribution is -2.20. The first kappa shape index (κ1) is 11.0. The van der Waals surface area contributed by atoms with Gasteiger partial charge in [-0.3, -0.25) is 10.1 Å². The predicted octanol–water partition coefficient (Wildman–Crippen LogP) is 1.24. The molecule has 1 N–H and O–H groups in total. The Balaban J connectivity index is 2.22. The van der Waals surface area contributed by atoms with Crippen molar-refractivity contribution in [1.29, 1.82) is 0 Å². The van der Waals surface area contributed by atoms with Crippen LogP contribution in [0, 0.1) is 10.1 Å². The first-order chi connectivity index (χ1) is 7.66. The lowest BCUT2D eigenvalue weighted by Gasteiger charge is -2.10. The summed E-state index contributed by atoms with van der Waals surface area (Å²) in [5.74, 6) is 0.139. The summed E-state index contributed by atoms with van der Waals surface area (Å²) in [6.45, 7) is 1.16. The molecular formula is C8H9ClN4O3. The summed E-state index contributed by atoms with van der Waals surface area (Å²) < 4.78 is 5.15. The molecule has 1 saturated heterocycles. The third-order valence-electron chi connectivity index (χ3n) is 2.21. The summed E-state index contributed by atoms with van der Waals surface area (Å²) in [6.07, 6.45) is 1.88. The zero-order valence-electron chi connectivity index (χ0n) is 8.22. The SMILES string of the molecule is O=[N+]([O-])c1cnc(Cl)nc1N[C@H]1CCOC1. The Morgan fingerprint density at radius 1 is 1.69 bits per heavy atom. The molecule has 1 atom stereocenters. The van der Waals surface area contributed by atoms with E-state index in [0.29, 0.717) is 13.2 Å². The molecule has 86 valence electrons. The van der Waals surface area contributed by atoms with Gasteiger partial charge in [0.25, 0.3) is 0 Å². The standard InChI is InChI=1S/C8H9ClN4O3/c9-8-10-3-6(13(14)15)7(12-8)11-5-1-2-16-4-5/h3,5H,1-2,4H2,(H,10,11,12)/t5-/m0/s1. The van der Waals surface area contributed by atoms with E-state index in [1.807, 2.05) is 0 Å². The van der Waals surface area contributed by atoms with Crippen LogP contribution in [0.3, 0.4) is 0 Å². The molecule has 1 aromatic rings. The number of nitro groups is 1. The lowest BCUT2D eigenvalue weighted by molar-refractivity contribution is -0.384. The fourth-order valence-corrected chi connectivity index (χ4v) is 1.57. The fourth-order valence-electron chi connectivity index (χ4n) is 1.44. The molecule has 0 spiro atoms. The third-order valence-corrected chi connectivity index (χ3v) is 2.39. The van der Waals surface area contributed by atoms with E-state index in [0.717, 1.165) is 12.6 Å². The van der Waals surface area contributed by atoms with E-state index in [4.69, 9.17) is 16.3 Å². The van der Waals surface area contributed by atoms with Gasteiger partial charge in [0.2, 0.25) is 11.1 Å². The Kier molecular flexibility index (Phi) is 3.16. The number of nitrogens with one attached hydrogen (secondary N) is 1. The van der Waals surface area contributed by atoms with Crippen molar-refractivity contribution in [1.82, 2.24) is 9.97 Å². The molecule has 1 fully saturated rings. The maximum absolute atomic E-state index is 10.7. The summed E-state index contributed by atoms with van der Waals surface area (Å²) in [4.78, 5) is 17.6. The van der Waals surface area contributed by atoms with Crippen LogP contribution in [0.1, 0.15) is 6.42 Å². The fraction of sp³-hybridized carbons (Fsp3) is 0.500. The minimum atomic E-state index is -0.547. The van der Waals surface area contributed by atoms with Gasteiger partial charge in [0.15, 0.2) is 0 Å². The number of aromatic nitrogens is 2. The smallest absolute Gasteiger partial charge is 0.329 e. The van der Waals surface area contributed by atoms with Gasteiger partial charge in [-0.05, 0) is 18.0 Å². The van der Waals surface area contributed by atoms with Gasteiger partial charge in [0, 0.05) is 6.61 Å². The summed E-state index contributed by atoms with van der Waals surface area (Å²) in [5.41, 5.74) is -0.184. The predicted molar refractivity (Wildman–Crippen MR) is 56.5 cm³/mol. The second-order valence-electron chi connectivity index (χ2n) is 3.33. The molecule has 7 nitrogen and oxygen atoms in total. The zero-order valence-corrected chi connectivity index (χ0v) is 8.98. The van der Waals surface area contributed by atoms with Gasteiger partial charge in [-0.1, -0.05) is 0 Å². The molecule has 2 heterocycles. The molecule has 0 aromatic carbocycles. The maximum Gasteiger partial charge on any atom is 0.329 e. The van der Waals surface area contributed by atoms with Gasteiger partial charge in [-0.2, -0.15) is 4.98 Å². The Morgan fingerprint density at radius 3 is 3.12 bits per heavy atom. The number of ether oxygens (including phenoxy) is 1. The van der Waals surface area contributed by atoms with E-state index < -0.39 is 4.92 Å². The van der Waals surface area contributed by atoms with E-state index in [9.17, 15) is 10.1 Å². The Bertz CT molecular complexity index is 408. The van der Waals surface area contributed by atoms with E-state index in [-0.39, 0.29) is 22.8 Å². The summed E-state index contributed by atoms with van der Waals surface area (Å²) in [6, 6.07) is 0.0321. The van der Waals surface area contributed by atoms with Crippen LogP contribution >= 0.6 is 11.6 Å². The largest absolute Gasteiger partial charge is 0.379 e. The van der Waals surface area contributed by atoms with Crippen molar-refractivity contribution in [3.8, 4) is 0 Å². The Morgan fingerprint density at radius 2 is 2.50 bits per heavy atom. The van der Waals surface area contributed by atoms with Gasteiger partial charge < -0.3 is 10.1 Å². The molecule has 2 rings (SSSR count). The van der Waals surface area contributed by atoms with Crippen LogP contribution in [0.25, 0.3) is 0 Å². The zero-order chi connectivity index (χ0) is 11.5. The molecule has 0 amide bonds. The van der Waals surface area contributed by atoms with Crippen molar-refractivity contribution in [2.24, 2.45) is 0 Å². The minimum Gasteiger partial charge on any atom is -0.379 e. The van der Waals surface area contributed by atoms with Gasteiger partial charge in [0.1, 0.15) is 6.20 Å². The molecule has 16 heavy (non-hydrogen) atoms. The highest BCUT2D eigenvalue weighted by Gasteiger charge is 2.22. The van der Waals surface area contributed by atoms with Crippen molar-refractivity contribution in [3.05, 3.63) is 21.6 Å². The molecular weight excluding hydrogens is 236 g/mol. The van der Waals surface area contributed by atoms with Crippen molar-refractivity contribution in [2.45, 2.75) is 12.5 Å². The molecule has 0 radical (unpaired) electrons. The second-order valence-corrected chi connectivity index (χ2v) is 3.67. The quantitative estimate of drug-likeness (QED) is 0.489. The average Bonchev–Trinajstić information content (AvgIpc) is 2.70. The average molecular weight is 245 g/mol. The minimum absolute atomic E-state index is 0.0213. The number of hydrogen-bond donors (Lipinski definition) is 1. The molecule has 0 saturated carbocycles. The first-order valence-corrected chi connectivity index (χ1v) is 5.06. The molecule has 0 unspecified atom stereocenters. The highest BCUT2D eigenvalue weighted by molar-refractivity contribution is 6.28. The van der Waals surface area contributed by atoms with Crippen LogP contribution in [0.5, 0.6) is 0 Å². The van der Waals surface area contributed by atoms with Gasteiger partial charge in [-0.15, -0.1) is 0 Å². The Labute approximate surface area is 95.9 Å². The number of rotatable bonds is 3. The van der Waals surface area contributed by atoms with E-state index in [1.54, 1.807) is 0 Å². The van der Waals surface area contributed by atoms with E-state index in [1.165, 1.54) is 0 Å². The first-order valence-electron chi connectivity index (χ1n) is 4.68. The van der Waals surface area contributed by atoms with Crippen molar-refractivity contribution < 1.29 is 9.66 Å². The highest BCUT2D eigenvalue weighted by Crippen LogP contribution is 2.23. The number of hydrogen-bond acceptors (Lipinski definition) is 6. The molecule has 1 aliphatic heterocycles. The van der Waals surface area contributed by atoms with Crippen molar-refractivity contribution in [3.63, 3.8) is 0 Å². The monoisotopic (exact) mass is 244 g/mol. The molecule has 0 bridgehead atoms. The topological polar surface area (TPSA) is 90.2 Å². The molecule has 8 heteroatoms. The van der Waals surface area contributed by atoms with E-state index in [2.05, 4.69) is 15.3 Å². The van der Waals surface area contributed by atoms with Gasteiger partial charge >= 0.3 is 5.69 Å². The van der Waals surface area contributed by atoms with Gasteiger partial charge in [-0.25, -0.2) is 4.98 Å². The number of anilines is 1. The van der Waals surface area contributed by atoms with Crippen LogP contribution in [-0.4, -0.2) is 34.1 Å². The summed E-state index contributed by atoms with van der Waals surface area (Å²) >= 11 is 5.59. The van der Waals surface area contributed by atoms with E-state index >= 15 is 0 Å². The van der Waals surface area contributed by atoms with Crippen LogP contribution in [-0.2, 0) is 4.74 Å². The molecule has 0 aliphatic carbocycles. The lowest BCUT2D eigenvalue weighted by atomic mass is 10.2. The van der Waals surface area contributed by atoms with Crippen LogP contribution < -0.4 is 5.32 Å². The third kappa shape index (κ3) is 2.37. The summed E-state index contributed by atoms with van der Waals surface area (Å²) in [5, 5.41) is 13.6. The normalized spacial score (nSPS) is 19.7. The Hall–Kier alpha value is -1.47. The van der Waals surface area contributed by atoms with Crippen LogP contribution in [0.2, 0.25) is 5.28 Å².